The average Bonchev–Trinajstić information content (AvgIpc) is 2.07. The smallest absolute Gasteiger partial charge is 0.161 e. The lowest BCUT2D eigenvalue weighted by Crippen LogP contribution is -1.99. The average molecular weight is 179 g/mol. The summed E-state index contributed by atoms with van der Waals surface area (Å²) in [5, 5.41) is 0. The third-order valence-corrected chi connectivity index (χ3v) is 1.59. The van der Waals surface area contributed by atoms with Gasteiger partial charge in [0.05, 0.1) is 0 Å². The molecule has 13 heavy (non-hydrogen) atoms. The second-order valence-corrected chi connectivity index (χ2v) is 2.65. The van der Waals surface area contributed by atoms with Crippen LogP contribution in [0.15, 0.2) is 18.2 Å². The normalized spacial score (nSPS) is 8.62. The van der Waals surface area contributed by atoms with Crippen molar-refractivity contribution in [3.63, 3.8) is 0 Å². The maximum absolute atomic E-state index is 10.9. The number of rotatable bonds is 1. The van der Waals surface area contributed by atoms with Gasteiger partial charge in [-0.1, -0.05) is 19.9 Å². The molecule has 1 aromatic carbocycles. The van der Waals surface area contributed by atoms with E-state index in [1.165, 1.54) is 6.92 Å². The minimum Gasteiger partial charge on any atom is -0.398 e. The quantitative estimate of drug-likeness (QED) is 0.532. The first kappa shape index (κ1) is 11.7. The van der Waals surface area contributed by atoms with Crippen LogP contribution in [0.25, 0.3) is 0 Å². The predicted octanol–water partition coefficient (Wildman–Crippen LogP) is 2.81. The fourth-order valence-electron chi connectivity index (χ4n) is 1.00. The van der Waals surface area contributed by atoms with E-state index in [9.17, 15) is 4.79 Å². The Hall–Kier alpha value is -1.31. The molecule has 0 saturated heterocycles. The number of aryl methyl sites for hydroxylation is 1. The molecule has 0 radical (unpaired) electrons. The van der Waals surface area contributed by atoms with E-state index in [0.717, 1.165) is 5.56 Å². The van der Waals surface area contributed by atoms with Crippen molar-refractivity contribution < 1.29 is 4.79 Å². The maximum Gasteiger partial charge on any atom is 0.161 e. The topological polar surface area (TPSA) is 43.1 Å². The summed E-state index contributed by atoms with van der Waals surface area (Å²) in [6.45, 7) is 7.46. The first-order chi connectivity index (χ1) is 6.11. The monoisotopic (exact) mass is 179 g/mol. The first-order valence-corrected chi connectivity index (χ1v) is 4.48. The summed E-state index contributed by atoms with van der Waals surface area (Å²) < 4.78 is 0. The molecule has 0 amide bonds. The van der Waals surface area contributed by atoms with Crippen LogP contribution in [0.1, 0.15) is 36.7 Å². The number of carbonyl (C=O) groups excluding carboxylic acids is 1. The van der Waals surface area contributed by atoms with Gasteiger partial charge >= 0.3 is 0 Å². The Kier molecular flexibility index (Phi) is 4.82. The summed E-state index contributed by atoms with van der Waals surface area (Å²) in [5.41, 5.74) is 7.85. The van der Waals surface area contributed by atoms with E-state index in [1.807, 2.05) is 26.8 Å². The molecular formula is C11H17NO. The molecule has 0 unspecified atom stereocenters. The molecule has 0 aliphatic rings. The standard InChI is InChI=1S/C9H11NO.C2H6/c1-6-3-4-8(7(2)11)9(10)5-6;1-2/h3-5H,10H2,1-2H3;1-2H3. The highest BCUT2D eigenvalue weighted by Crippen LogP contribution is 2.13. The van der Waals surface area contributed by atoms with Gasteiger partial charge in [0.15, 0.2) is 5.78 Å². The first-order valence-electron chi connectivity index (χ1n) is 4.48. The number of anilines is 1. The van der Waals surface area contributed by atoms with E-state index in [1.54, 1.807) is 12.1 Å². The van der Waals surface area contributed by atoms with Crippen molar-refractivity contribution in [2.45, 2.75) is 27.7 Å². The van der Waals surface area contributed by atoms with Crippen LogP contribution in [0.2, 0.25) is 0 Å². The Balaban J connectivity index is 0.000000671. The molecule has 0 atom stereocenters. The van der Waals surface area contributed by atoms with E-state index >= 15 is 0 Å². The molecule has 1 rings (SSSR count). The minimum absolute atomic E-state index is 0.0162. The van der Waals surface area contributed by atoms with Crippen LogP contribution in [0.4, 0.5) is 5.69 Å². The minimum atomic E-state index is 0.0162. The molecule has 0 saturated carbocycles. The number of Topliss-reactive ketones (excluding diaryl/α,β-unsaturated/α-hetero) is 1. The molecule has 2 nitrogen and oxygen atoms in total. The van der Waals surface area contributed by atoms with Crippen LogP contribution < -0.4 is 5.73 Å². The SMILES string of the molecule is CC.CC(=O)c1ccc(C)cc1N. The molecule has 0 bridgehead atoms. The Morgan fingerprint density at radius 1 is 1.31 bits per heavy atom. The van der Waals surface area contributed by atoms with Crippen LogP contribution in [0.5, 0.6) is 0 Å². The van der Waals surface area contributed by atoms with Crippen molar-refractivity contribution in [1.29, 1.82) is 0 Å². The van der Waals surface area contributed by atoms with Gasteiger partial charge in [0.25, 0.3) is 0 Å². The molecular weight excluding hydrogens is 162 g/mol. The summed E-state index contributed by atoms with van der Waals surface area (Å²) in [6, 6.07) is 5.44. The van der Waals surface area contributed by atoms with E-state index < -0.39 is 0 Å². The van der Waals surface area contributed by atoms with Crippen LogP contribution in [-0.4, -0.2) is 5.78 Å². The van der Waals surface area contributed by atoms with Crippen molar-refractivity contribution in [3.8, 4) is 0 Å². The van der Waals surface area contributed by atoms with Crippen molar-refractivity contribution in [2.75, 3.05) is 5.73 Å². The van der Waals surface area contributed by atoms with Gasteiger partial charge in [-0.2, -0.15) is 0 Å². The van der Waals surface area contributed by atoms with Crippen LogP contribution in [-0.2, 0) is 0 Å². The number of hydrogen-bond acceptors (Lipinski definition) is 2. The number of hydrogen-bond donors (Lipinski definition) is 1. The van der Waals surface area contributed by atoms with Gasteiger partial charge in [0.2, 0.25) is 0 Å². The number of benzene rings is 1. The van der Waals surface area contributed by atoms with E-state index in [4.69, 9.17) is 5.73 Å². The third kappa shape index (κ3) is 3.28. The van der Waals surface area contributed by atoms with Gasteiger partial charge in [0, 0.05) is 11.3 Å². The molecule has 72 valence electrons. The zero-order valence-corrected chi connectivity index (χ0v) is 8.72. The fourth-order valence-corrected chi connectivity index (χ4v) is 1.00. The van der Waals surface area contributed by atoms with E-state index in [-0.39, 0.29) is 5.78 Å². The molecule has 0 spiro atoms. The molecule has 0 fully saturated rings. The maximum atomic E-state index is 10.9. The summed E-state index contributed by atoms with van der Waals surface area (Å²) in [7, 11) is 0. The second kappa shape index (κ2) is 5.36. The number of carbonyl (C=O) groups is 1. The molecule has 0 aliphatic heterocycles. The summed E-state index contributed by atoms with van der Waals surface area (Å²) in [4.78, 5) is 10.9. The van der Waals surface area contributed by atoms with Gasteiger partial charge < -0.3 is 5.73 Å². The second-order valence-electron chi connectivity index (χ2n) is 2.65. The number of nitrogen functional groups attached to an aromatic ring is 1. The van der Waals surface area contributed by atoms with E-state index in [0.29, 0.717) is 11.3 Å². The van der Waals surface area contributed by atoms with Crippen molar-refractivity contribution in [2.24, 2.45) is 0 Å². The molecule has 0 aliphatic carbocycles. The highest BCUT2D eigenvalue weighted by molar-refractivity contribution is 5.99. The highest BCUT2D eigenvalue weighted by Gasteiger charge is 2.02. The molecule has 2 heteroatoms. The molecule has 0 heterocycles. The summed E-state index contributed by atoms with van der Waals surface area (Å²) in [5.74, 6) is 0.0162. The van der Waals surface area contributed by atoms with Gasteiger partial charge in [-0.25, -0.2) is 0 Å². The number of ketones is 1. The van der Waals surface area contributed by atoms with Crippen LogP contribution >= 0.6 is 0 Å². The predicted molar refractivity (Wildman–Crippen MR) is 56.9 cm³/mol. The van der Waals surface area contributed by atoms with Gasteiger partial charge in [-0.3, -0.25) is 4.79 Å². The highest BCUT2D eigenvalue weighted by atomic mass is 16.1. The Morgan fingerprint density at radius 3 is 2.23 bits per heavy atom. The van der Waals surface area contributed by atoms with Crippen LogP contribution in [0, 0.1) is 6.92 Å². The Morgan fingerprint density at radius 2 is 1.85 bits per heavy atom. The zero-order chi connectivity index (χ0) is 10.4. The lowest BCUT2D eigenvalue weighted by molar-refractivity contribution is 0.101. The van der Waals surface area contributed by atoms with Gasteiger partial charge in [-0.05, 0) is 31.5 Å². The van der Waals surface area contributed by atoms with Crippen molar-refractivity contribution in [3.05, 3.63) is 29.3 Å². The fraction of sp³-hybridized carbons (Fsp3) is 0.364. The molecule has 1 aromatic rings. The largest absolute Gasteiger partial charge is 0.398 e. The Bertz CT molecular complexity index is 292. The number of nitrogens with two attached hydrogens (primary N) is 1. The van der Waals surface area contributed by atoms with E-state index in [2.05, 4.69) is 0 Å². The van der Waals surface area contributed by atoms with Crippen molar-refractivity contribution >= 4 is 11.5 Å². The lowest BCUT2D eigenvalue weighted by Gasteiger charge is -2.01. The summed E-state index contributed by atoms with van der Waals surface area (Å²) >= 11 is 0. The zero-order valence-electron chi connectivity index (χ0n) is 8.72. The lowest BCUT2D eigenvalue weighted by atomic mass is 10.1. The Labute approximate surface area is 79.8 Å². The molecule has 2 N–H and O–H groups in total. The van der Waals surface area contributed by atoms with Crippen LogP contribution in [0.3, 0.4) is 0 Å². The summed E-state index contributed by atoms with van der Waals surface area (Å²) in [6.07, 6.45) is 0. The van der Waals surface area contributed by atoms with Gasteiger partial charge in [-0.15, -0.1) is 0 Å². The van der Waals surface area contributed by atoms with Gasteiger partial charge in [0.1, 0.15) is 0 Å². The third-order valence-electron chi connectivity index (χ3n) is 1.59. The van der Waals surface area contributed by atoms with Crippen molar-refractivity contribution in [1.82, 2.24) is 0 Å². The molecule has 0 aromatic heterocycles.